The number of fused-ring (bicyclic) bond motifs is 6. The van der Waals surface area contributed by atoms with Gasteiger partial charge in [-0.3, -0.25) is 9.59 Å². The van der Waals surface area contributed by atoms with Gasteiger partial charge in [-0.2, -0.15) is 0 Å². The number of likely N-dealkylation sites (tertiary alicyclic amines) is 2. The molecule has 2 aromatic heterocycles. The summed E-state index contributed by atoms with van der Waals surface area (Å²) in [6, 6.07) is 12.7. The number of hydrogen-bond acceptors (Lipinski definition) is 9. The summed E-state index contributed by atoms with van der Waals surface area (Å²) in [5, 5.41) is 7.42. The van der Waals surface area contributed by atoms with Gasteiger partial charge in [0.15, 0.2) is 0 Å². The Bertz CT molecular complexity index is 2470. The monoisotopic (exact) mass is 818 g/mol. The van der Waals surface area contributed by atoms with E-state index in [2.05, 4.69) is 63.9 Å². The molecule has 316 valence electrons. The molecule has 2 saturated heterocycles. The van der Waals surface area contributed by atoms with Crippen molar-refractivity contribution >= 4 is 45.8 Å². The largest absolute Gasteiger partial charge is 0.488 e. The van der Waals surface area contributed by atoms with E-state index in [0.29, 0.717) is 24.8 Å². The van der Waals surface area contributed by atoms with Crippen LogP contribution in [0.15, 0.2) is 48.7 Å². The number of aromatic nitrogens is 4. The highest BCUT2D eigenvalue weighted by molar-refractivity contribution is 6.07. The second-order valence-electron chi connectivity index (χ2n) is 17.2. The summed E-state index contributed by atoms with van der Waals surface area (Å²) < 4.78 is 16.0. The normalized spacial score (nSPS) is 20.8. The summed E-state index contributed by atoms with van der Waals surface area (Å²) in [6.45, 7) is 12.7. The van der Waals surface area contributed by atoms with Crippen LogP contribution in [0.2, 0.25) is 0 Å². The Kier molecular flexibility index (Phi) is 10.9. The fourth-order valence-corrected chi connectivity index (χ4v) is 9.19. The second-order valence-corrected chi connectivity index (χ2v) is 17.2. The number of hydrogen-bond donors (Lipinski definition) is 4. The molecule has 3 aliphatic rings. The number of alkyl carbamates (subject to hydrolysis) is 2. The van der Waals surface area contributed by atoms with Crippen LogP contribution in [0.5, 0.6) is 5.75 Å². The molecular weight excluding hydrogens is 765 g/mol. The molecular formula is C45H54N8O7. The lowest BCUT2D eigenvalue weighted by Crippen LogP contribution is -2.52. The van der Waals surface area contributed by atoms with Gasteiger partial charge in [-0.1, -0.05) is 52.8 Å². The van der Waals surface area contributed by atoms with Crippen LogP contribution in [0.3, 0.4) is 0 Å². The average Bonchev–Trinajstić information content (AvgIpc) is 4.05. The van der Waals surface area contributed by atoms with Crippen molar-refractivity contribution in [2.75, 3.05) is 20.8 Å². The summed E-state index contributed by atoms with van der Waals surface area (Å²) in [4.78, 5) is 72.6. The summed E-state index contributed by atoms with van der Waals surface area (Å²) in [5.74, 6) is 1.88. The molecule has 15 nitrogen and oxygen atoms in total. The summed E-state index contributed by atoms with van der Waals surface area (Å²) in [5.41, 5.74) is 6.58. The van der Waals surface area contributed by atoms with E-state index in [0.717, 1.165) is 74.8 Å². The van der Waals surface area contributed by atoms with E-state index < -0.39 is 24.3 Å². The zero-order chi connectivity index (χ0) is 42.6. The maximum atomic E-state index is 13.9. The van der Waals surface area contributed by atoms with E-state index in [9.17, 15) is 19.2 Å². The Labute approximate surface area is 348 Å². The van der Waals surface area contributed by atoms with Crippen molar-refractivity contribution < 1.29 is 33.4 Å². The van der Waals surface area contributed by atoms with Crippen molar-refractivity contribution in [1.29, 1.82) is 0 Å². The number of rotatable bonds is 9. The first kappa shape index (κ1) is 40.7. The number of ether oxygens (including phenoxy) is 3. The van der Waals surface area contributed by atoms with Gasteiger partial charge in [-0.25, -0.2) is 19.6 Å². The highest BCUT2D eigenvalue weighted by Crippen LogP contribution is 2.44. The van der Waals surface area contributed by atoms with Crippen LogP contribution < -0.4 is 15.4 Å². The van der Waals surface area contributed by atoms with Crippen LogP contribution in [-0.4, -0.2) is 92.6 Å². The first-order valence-electron chi connectivity index (χ1n) is 20.9. The molecule has 0 spiro atoms. The van der Waals surface area contributed by atoms with Crippen molar-refractivity contribution in [2.24, 2.45) is 17.8 Å². The number of aromatic amines is 2. The van der Waals surface area contributed by atoms with Crippen molar-refractivity contribution in [1.82, 2.24) is 40.4 Å². The molecule has 6 atom stereocenters. The number of H-pyrrole nitrogens is 2. The molecule has 4 N–H and O–H groups in total. The number of methoxy groups -OCH3 is 2. The molecule has 2 fully saturated rings. The van der Waals surface area contributed by atoms with Gasteiger partial charge in [0.2, 0.25) is 11.8 Å². The molecule has 8 rings (SSSR count). The highest BCUT2D eigenvalue weighted by Gasteiger charge is 2.42. The summed E-state index contributed by atoms with van der Waals surface area (Å²) in [6.07, 6.45) is 2.87. The fraction of sp³-hybridized carbons (Fsp3) is 0.467. The van der Waals surface area contributed by atoms with Crippen LogP contribution in [0.4, 0.5) is 9.59 Å². The molecule has 0 saturated carbocycles. The minimum Gasteiger partial charge on any atom is -0.488 e. The smallest absolute Gasteiger partial charge is 0.407 e. The first-order chi connectivity index (χ1) is 28.8. The van der Waals surface area contributed by atoms with Gasteiger partial charge in [0, 0.05) is 23.5 Å². The minimum atomic E-state index is -0.721. The average molecular weight is 819 g/mol. The second kappa shape index (κ2) is 16.1. The summed E-state index contributed by atoms with van der Waals surface area (Å²) in [7, 11) is 2.59. The van der Waals surface area contributed by atoms with E-state index in [4.69, 9.17) is 24.2 Å². The SMILES string of the molecule is COC(=O)NC(C(=O)N1CC(C)CC1c1nc2c(ccc3cc4c(cc32)OCc2cc(-c3cnc(C5CCC(C)N5C(=O)C(NC(=O)OC)C(C)C)[nH]3)ccc2-4)[nH]1)C(C)C. The van der Waals surface area contributed by atoms with Crippen LogP contribution >= 0.6 is 0 Å². The molecule has 3 aromatic carbocycles. The zero-order valence-corrected chi connectivity index (χ0v) is 35.4. The Morgan fingerprint density at radius 3 is 2.25 bits per heavy atom. The van der Waals surface area contributed by atoms with Crippen LogP contribution in [0, 0.1) is 17.8 Å². The van der Waals surface area contributed by atoms with Gasteiger partial charge in [0.25, 0.3) is 0 Å². The maximum Gasteiger partial charge on any atom is 0.407 e. The van der Waals surface area contributed by atoms with Gasteiger partial charge in [-0.05, 0) is 90.3 Å². The Morgan fingerprint density at radius 1 is 0.833 bits per heavy atom. The summed E-state index contributed by atoms with van der Waals surface area (Å²) >= 11 is 0. The third-order valence-electron chi connectivity index (χ3n) is 12.4. The van der Waals surface area contributed by atoms with E-state index in [-0.39, 0.29) is 47.7 Å². The topological polar surface area (TPSA) is 184 Å². The Hall–Kier alpha value is -6.12. The van der Waals surface area contributed by atoms with Gasteiger partial charge in [0.05, 0.1) is 49.2 Å². The van der Waals surface area contributed by atoms with Crippen molar-refractivity contribution in [3.05, 3.63) is 65.9 Å². The number of nitrogens with one attached hydrogen (secondary N) is 4. The Morgan fingerprint density at radius 2 is 1.55 bits per heavy atom. The quantitative estimate of drug-likeness (QED) is 0.118. The lowest BCUT2D eigenvalue weighted by atomic mass is 9.92. The maximum absolute atomic E-state index is 13.9. The number of carbonyl (C=O) groups excluding carboxylic acids is 4. The zero-order valence-electron chi connectivity index (χ0n) is 35.4. The van der Waals surface area contributed by atoms with Gasteiger partial charge in [-0.15, -0.1) is 0 Å². The molecule has 5 aromatic rings. The molecule has 60 heavy (non-hydrogen) atoms. The third kappa shape index (κ3) is 7.38. The van der Waals surface area contributed by atoms with E-state index in [1.165, 1.54) is 14.2 Å². The number of amides is 4. The fourth-order valence-electron chi connectivity index (χ4n) is 9.19. The standard InChI is InChI=1S/C45H54N8O7/c1-22(2)37(50-44(56)58-7)42(54)52-20-24(5)15-35(52)41-47-32-13-11-26-17-31-29-12-10-27(16-28(29)21-60-36(31)18-30(26)39(32)49-41)33-19-46-40(48-33)34-14-9-25(6)53(34)43(55)38(23(3)4)51-45(57)59-8/h10-13,16-19,22-25,34-35,37-38H,9,14-15,20-21H2,1-8H3,(H,46,48)(H,47,49)(H,50,56)(H,51,57). The first-order valence-corrected chi connectivity index (χ1v) is 20.9. The van der Waals surface area contributed by atoms with Crippen LogP contribution in [0.25, 0.3) is 44.2 Å². The number of imidazole rings is 2. The van der Waals surface area contributed by atoms with E-state index >= 15 is 0 Å². The van der Waals surface area contributed by atoms with E-state index in [1.807, 2.05) is 56.7 Å². The minimum absolute atomic E-state index is 0.0158. The predicted molar refractivity (Wildman–Crippen MR) is 226 cm³/mol. The van der Waals surface area contributed by atoms with Gasteiger partial charge in [0.1, 0.15) is 36.1 Å². The molecule has 0 radical (unpaired) electrons. The number of carbonyl (C=O) groups is 4. The predicted octanol–water partition coefficient (Wildman–Crippen LogP) is 7.39. The molecule has 6 unspecified atom stereocenters. The lowest BCUT2D eigenvalue weighted by molar-refractivity contribution is -0.137. The third-order valence-corrected chi connectivity index (χ3v) is 12.4. The molecule has 15 heteroatoms. The van der Waals surface area contributed by atoms with Gasteiger partial charge < -0.3 is 44.6 Å². The highest BCUT2D eigenvalue weighted by atomic mass is 16.5. The molecule has 3 aliphatic heterocycles. The number of nitrogens with zero attached hydrogens (tertiary/aromatic N) is 4. The molecule has 4 amide bonds. The number of benzene rings is 3. The Balaban J connectivity index is 1.05. The van der Waals surface area contributed by atoms with Crippen LogP contribution in [-0.2, 0) is 25.7 Å². The lowest BCUT2D eigenvalue weighted by Gasteiger charge is -2.32. The van der Waals surface area contributed by atoms with Crippen molar-refractivity contribution in [3.8, 4) is 28.1 Å². The van der Waals surface area contributed by atoms with Crippen molar-refractivity contribution in [3.63, 3.8) is 0 Å². The van der Waals surface area contributed by atoms with Crippen molar-refractivity contribution in [2.45, 2.75) is 97.6 Å². The van der Waals surface area contributed by atoms with Gasteiger partial charge >= 0.3 is 12.2 Å². The molecule has 5 heterocycles. The van der Waals surface area contributed by atoms with E-state index in [1.54, 1.807) is 0 Å². The molecule has 0 aliphatic carbocycles. The molecule has 0 bridgehead atoms. The van der Waals surface area contributed by atoms with Crippen LogP contribution in [0.1, 0.15) is 90.1 Å².